The molecule has 0 aromatic heterocycles. The quantitative estimate of drug-likeness (QED) is 0.809. The van der Waals surface area contributed by atoms with E-state index in [-0.39, 0.29) is 30.3 Å². The Kier molecular flexibility index (Phi) is 6.44. The smallest absolute Gasteiger partial charge is 0.223 e. The van der Waals surface area contributed by atoms with Crippen molar-refractivity contribution in [2.24, 2.45) is 23.5 Å². The zero-order valence-electron chi connectivity index (χ0n) is 11.4. The van der Waals surface area contributed by atoms with Crippen molar-refractivity contribution in [2.45, 2.75) is 57.9 Å². The molecule has 18 heavy (non-hydrogen) atoms. The fourth-order valence-electron chi connectivity index (χ4n) is 3.03. The molecule has 2 unspecified atom stereocenters. The molecule has 3 nitrogen and oxygen atoms in total. The van der Waals surface area contributed by atoms with Crippen LogP contribution in [0.5, 0.6) is 0 Å². The summed E-state index contributed by atoms with van der Waals surface area (Å²) in [7, 11) is 0. The van der Waals surface area contributed by atoms with Crippen LogP contribution in [0, 0.1) is 17.8 Å². The molecule has 0 aromatic carbocycles. The Morgan fingerprint density at radius 1 is 1.17 bits per heavy atom. The summed E-state index contributed by atoms with van der Waals surface area (Å²) in [4.78, 5) is 12.1. The molecule has 2 rings (SSSR count). The Labute approximate surface area is 117 Å². The lowest BCUT2D eigenvalue weighted by Gasteiger charge is -2.30. The highest BCUT2D eigenvalue weighted by atomic mass is 35.5. The first-order valence-corrected chi connectivity index (χ1v) is 7.22. The van der Waals surface area contributed by atoms with E-state index in [9.17, 15) is 4.79 Å². The van der Waals surface area contributed by atoms with Crippen LogP contribution >= 0.6 is 12.4 Å². The maximum atomic E-state index is 12.1. The molecule has 2 aliphatic rings. The third-order valence-corrected chi connectivity index (χ3v) is 4.54. The second-order valence-corrected chi connectivity index (χ2v) is 5.87. The van der Waals surface area contributed by atoms with Crippen LogP contribution < -0.4 is 11.1 Å². The minimum absolute atomic E-state index is 0. The van der Waals surface area contributed by atoms with Crippen LogP contribution in [0.15, 0.2) is 0 Å². The fourth-order valence-corrected chi connectivity index (χ4v) is 3.03. The highest BCUT2D eigenvalue weighted by Gasteiger charge is 2.34. The van der Waals surface area contributed by atoms with E-state index in [0.717, 1.165) is 0 Å². The van der Waals surface area contributed by atoms with Gasteiger partial charge >= 0.3 is 0 Å². The zero-order valence-corrected chi connectivity index (χ0v) is 12.2. The predicted molar refractivity (Wildman–Crippen MR) is 76.7 cm³/mol. The van der Waals surface area contributed by atoms with Crippen molar-refractivity contribution in [2.75, 3.05) is 6.54 Å². The SMILES string of the molecule is CC(C(=O)NC(CN)C1CCCCC1)C1CC1.Cl. The Bertz CT molecular complexity index is 263. The fraction of sp³-hybridized carbons (Fsp3) is 0.929. The summed E-state index contributed by atoms with van der Waals surface area (Å²) in [5.41, 5.74) is 5.83. The molecule has 4 heteroatoms. The molecule has 0 spiro atoms. The molecule has 2 fully saturated rings. The molecule has 0 heterocycles. The van der Waals surface area contributed by atoms with Gasteiger partial charge in [-0.25, -0.2) is 0 Å². The number of amides is 1. The van der Waals surface area contributed by atoms with Gasteiger partial charge in [0, 0.05) is 18.5 Å². The molecule has 2 atom stereocenters. The van der Waals surface area contributed by atoms with Crippen molar-refractivity contribution >= 4 is 18.3 Å². The molecular weight excluding hydrogens is 248 g/mol. The van der Waals surface area contributed by atoms with Crippen molar-refractivity contribution in [3.05, 3.63) is 0 Å². The van der Waals surface area contributed by atoms with Crippen molar-refractivity contribution in [3.63, 3.8) is 0 Å². The molecule has 0 aliphatic heterocycles. The minimum atomic E-state index is 0. The van der Waals surface area contributed by atoms with E-state index in [1.165, 1.54) is 44.9 Å². The largest absolute Gasteiger partial charge is 0.352 e. The van der Waals surface area contributed by atoms with Crippen LogP contribution in [-0.2, 0) is 4.79 Å². The van der Waals surface area contributed by atoms with E-state index in [0.29, 0.717) is 18.4 Å². The summed E-state index contributed by atoms with van der Waals surface area (Å²) in [5, 5.41) is 3.19. The molecule has 0 aromatic rings. The van der Waals surface area contributed by atoms with Gasteiger partial charge in [-0.3, -0.25) is 4.79 Å². The van der Waals surface area contributed by atoms with Crippen LogP contribution in [-0.4, -0.2) is 18.5 Å². The number of halogens is 1. The van der Waals surface area contributed by atoms with Crippen LogP contribution in [0.25, 0.3) is 0 Å². The molecule has 0 bridgehead atoms. The van der Waals surface area contributed by atoms with Crippen LogP contribution in [0.4, 0.5) is 0 Å². The van der Waals surface area contributed by atoms with Crippen molar-refractivity contribution in [3.8, 4) is 0 Å². The average Bonchev–Trinajstić information content (AvgIpc) is 3.20. The molecule has 3 N–H and O–H groups in total. The van der Waals surface area contributed by atoms with Gasteiger partial charge in [-0.1, -0.05) is 26.2 Å². The van der Waals surface area contributed by atoms with Gasteiger partial charge in [0.15, 0.2) is 0 Å². The van der Waals surface area contributed by atoms with Gasteiger partial charge < -0.3 is 11.1 Å². The van der Waals surface area contributed by atoms with E-state index in [1.807, 2.05) is 0 Å². The maximum absolute atomic E-state index is 12.1. The van der Waals surface area contributed by atoms with E-state index in [1.54, 1.807) is 0 Å². The molecule has 1 amide bonds. The van der Waals surface area contributed by atoms with Crippen LogP contribution in [0.2, 0.25) is 0 Å². The Morgan fingerprint density at radius 3 is 2.28 bits per heavy atom. The number of hydrogen-bond acceptors (Lipinski definition) is 2. The Morgan fingerprint density at radius 2 is 1.78 bits per heavy atom. The first kappa shape index (κ1) is 15.8. The number of carbonyl (C=O) groups is 1. The van der Waals surface area contributed by atoms with Crippen molar-refractivity contribution in [1.82, 2.24) is 5.32 Å². The molecule has 106 valence electrons. The second-order valence-electron chi connectivity index (χ2n) is 5.87. The minimum Gasteiger partial charge on any atom is -0.352 e. The molecular formula is C14H27ClN2O. The monoisotopic (exact) mass is 274 g/mol. The Hall–Kier alpha value is -0.280. The lowest BCUT2D eigenvalue weighted by molar-refractivity contribution is -0.126. The summed E-state index contributed by atoms with van der Waals surface area (Å²) < 4.78 is 0. The van der Waals surface area contributed by atoms with E-state index in [4.69, 9.17) is 5.73 Å². The van der Waals surface area contributed by atoms with Crippen molar-refractivity contribution in [1.29, 1.82) is 0 Å². The molecule has 2 aliphatic carbocycles. The van der Waals surface area contributed by atoms with Crippen LogP contribution in [0.1, 0.15) is 51.9 Å². The summed E-state index contributed by atoms with van der Waals surface area (Å²) in [5.74, 6) is 1.67. The molecule has 0 radical (unpaired) electrons. The summed E-state index contributed by atoms with van der Waals surface area (Å²) in [6.07, 6.45) is 8.88. The zero-order chi connectivity index (χ0) is 12.3. The van der Waals surface area contributed by atoms with Gasteiger partial charge in [-0.2, -0.15) is 0 Å². The lowest BCUT2D eigenvalue weighted by atomic mass is 9.83. The number of hydrogen-bond donors (Lipinski definition) is 2. The van der Waals surface area contributed by atoms with Crippen LogP contribution in [0.3, 0.4) is 0 Å². The van der Waals surface area contributed by atoms with Gasteiger partial charge in [-0.15, -0.1) is 12.4 Å². The number of carbonyl (C=O) groups excluding carboxylic acids is 1. The topological polar surface area (TPSA) is 55.1 Å². The summed E-state index contributed by atoms with van der Waals surface area (Å²) in [6, 6.07) is 0.212. The second kappa shape index (κ2) is 7.34. The number of rotatable bonds is 5. The van der Waals surface area contributed by atoms with Gasteiger partial charge in [0.1, 0.15) is 0 Å². The standard InChI is InChI=1S/C14H26N2O.ClH/c1-10(11-7-8-11)14(17)16-13(9-15)12-5-3-2-4-6-12;/h10-13H,2-9,15H2,1H3,(H,16,17);1H. The predicted octanol–water partition coefficient (Wildman–Crippen LogP) is 2.48. The molecule has 2 saturated carbocycles. The normalized spacial score (nSPS) is 23.9. The summed E-state index contributed by atoms with van der Waals surface area (Å²) >= 11 is 0. The van der Waals surface area contributed by atoms with Gasteiger partial charge in [0.05, 0.1) is 0 Å². The van der Waals surface area contributed by atoms with Gasteiger partial charge in [-0.05, 0) is 37.5 Å². The van der Waals surface area contributed by atoms with E-state index >= 15 is 0 Å². The molecule has 0 saturated heterocycles. The lowest BCUT2D eigenvalue weighted by Crippen LogP contribution is -2.47. The van der Waals surface area contributed by atoms with Gasteiger partial charge in [0.2, 0.25) is 5.91 Å². The Balaban J connectivity index is 0.00000162. The van der Waals surface area contributed by atoms with Crippen molar-refractivity contribution < 1.29 is 4.79 Å². The highest BCUT2D eigenvalue weighted by Crippen LogP contribution is 2.36. The third-order valence-electron chi connectivity index (χ3n) is 4.54. The first-order valence-electron chi connectivity index (χ1n) is 7.22. The number of nitrogens with two attached hydrogens (primary N) is 1. The summed E-state index contributed by atoms with van der Waals surface area (Å²) in [6.45, 7) is 2.65. The maximum Gasteiger partial charge on any atom is 0.223 e. The number of nitrogens with one attached hydrogen (secondary N) is 1. The third kappa shape index (κ3) is 4.13. The van der Waals surface area contributed by atoms with E-state index < -0.39 is 0 Å². The van der Waals surface area contributed by atoms with E-state index in [2.05, 4.69) is 12.2 Å². The average molecular weight is 275 g/mol. The highest BCUT2D eigenvalue weighted by molar-refractivity contribution is 5.85. The first-order chi connectivity index (χ1) is 8.22. The van der Waals surface area contributed by atoms with Gasteiger partial charge in [0.25, 0.3) is 0 Å².